The van der Waals surface area contributed by atoms with Gasteiger partial charge in [0.15, 0.2) is 5.13 Å². The van der Waals surface area contributed by atoms with E-state index in [0.29, 0.717) is 0 Å². The van der Waals surface area contributed by atoms with Crippen LogP contribution in [0.1, 0.15) is 6.92 Å². The van der Waals surface area contributed by atoms with E-state index in [4.69, 9.17) is 0 Å². The first-order valence-electron chi connectivity index (χ1n) is 7.59. The fourth-order valence-electron chi connectivity index (χ4n) is 2.64. The van der Waals surface area contributed by atoms with E-state index in [9.17, 15) is 9.18 Å². The Morgan fingerprint density at radius 2 is 2.04 bits per heavy atom. The Labute approximate surface area is 138 Å². The zero-order chi connectivity index (χ0) is 16.2. The first-order chi connectivity index (χ1) is 11.1. The van der Waals surface area contributed by atoms with E-state index in [2.05, 4.69) is 20.1 Å². The molecule has 7 heteroatoms. The molecule has 1 aromatic heterocycles. The number of nitrogens with one attached hydrogen (secondary N) is 1. The highest BCUT2D eigenvalue weighted by molar-refractivity contribution is 7.13. The summed E-state index contributed by atoms with van der Waals surface area (Å²) in [5.74, 6) is -0.598. The summed E-state index contributed by atoms with van der Waals surface area (Å²) in [5.41, 5.74) is 0.228. The van der Waals surface area contributed by atoms with Crippen LogP contribution >= 0.6 is 11.3 Å². The van der Waals surface area contributed by atoms with Gasteiger partial charge in [0.2, 0.25) is 5.91 Å². The van der Waals surface area contributed by atoms with Crippen LogP contribution < -0.4 is 10.2 Å². The number of amides is 1. The van der Waals surface area contributed by atoms with Crippen LogP contribution in [0.4, 0.5) is 15.2 Å². The van der Waals surface area contributed by atoms with Crippen molar-refractivity contribution in [1.29, 1.82) is 0 Å². The van der Waals surface area contributed by atoms with Gasteiger partial charge in [-0.15, -0.1) is 11.3 Å². The minimum absolute atomic E-state index is 0.183. The van der Waals surface area contributed by atoms with E-state index >= 15 is 0 Å². The molecule has 0 spiro atoms. The van der Waals surface area contributed by atoms with Crippen molar-refractivity contribution in [1.82, 2.24) is 9.88 Å². The smallest absolute Gasteiger partial charge is 0.241 e. The molecule has 3 rings (SSSR count). The zero-order valence-electron chi connectivity index (χ0n) is 12.9. The lowest BCUT2D eigenvalue weighted by Gasteiger charge is -2.37. The lowest BCUT2D eigenvalue weighted by Crippen LogP contribution is -2.52. The second kappa shape index (κ2) is 7.06. The molecule has 5 nitrogen and oxygen atoms in total. The van der Waals surface area contributed by atoms with E-state index in [1.165, 1.54) is 6.07 Å². The first-order valence-corrected chi connectivity index (χ1v) is 8.47. The molecule has 1 fully saturated rings. The van der Waals surface area contributed by atoms with Gasteiger partial charge in [0.25, 0.3) is 0 Å². The van der Waals surface area contributed by atoms with Gasteiger partial charge >= 0.3 is 0 Å². The van der Waals surface area contributed by atoms with Gasteiger partial charge in [0, 0.05) is 37.8 Å². The van der Waals surface area contributed by atoms with Crippen molar-refractivity contribution in [3.8, 4) is 0 Å². The first kappa shape index (κ1) is 15.9. The molecule has 1 atom stereocenters. The maximum Gasteiger partial charge on any atom is 0.241 e. The fraction of sp³-hybridized carbons (Fsp3) is 0.375. The fourth-order valence-corrected chi connectivity index (χ4v) is 3.33. The molecule has 0 bridgehead atoms. The van der Waals surface area contributed by atoms with Gasteiger partial charge in [0.05, 0.1) is 11.7 Å². The van der Waals surface area contributed by atoms with Gasteiger partial charge < -0.3 is 10.2 Å². The molecule has 1 aliphatic heterocycles. The SMILES string of the molecule is C[C@@H](C(=O)Nc1ccccc1F)N1CCN(c2nccs2)CC1. The number of hydrogen-bond donors (Lipinski definition) is 1. The van der Waals surface area contributed by atoms with Crippen LogP contribution in [-0.4, -0.2) is 48.0 Å². The highest BCUT2D eigenvalue weighted by Gasteiger charge is 2.26. The largest absolute Gasteiger partial charge is 0.346 e. The standard InChI is InChI=1S/C16H19FN4OS/c1-12(15(22)19-14-5-3-2-4-13(14)17)20-7-9-21(10-8-20)16-18-6-11-23-16/h2-6,11-12H,7-10H2,1H3,(H,19,22)/t12-/m0/s1. The lowest BCUT2D eigenvalue weighted by atomic mass is 10.2. The van der Waals surface area contributed by atoms with Gasteiger partial charge in [-0.1, -0.05) is 12.1 Å². The van der Waals surface area contributed by atoms with Crippen LogP contribution in [0, 0.1) is 5.82 Å². The molecular weight excluding hydrogens is 315 g/mol. The van der Waals surface area contributed by atoms with Crippen molar-refractivity contribution in [2.45, 2.75) is 13.0 Å². The third kappa shape index (κ3) is 3.68. The molecule has 1 N–H and O–H groups in total. The van der Waals surface area contributed by atoms with E-state index < -0.39 is 5.82 Å². The average Bonchev–Trinajstić information content (AvgIpc) is 3.11. The number of nitrogens with zero attached hydrogens (tertiary/aromatic N) is 3. The predicted molar refractivity (Wildman–Crippen MR) is 90.4 cm³/mol. The average molecular weight is 334 g/mol. The van der Waals surface area contributed by atoms with Crippen molar-refractivity contribution in [3.63, 3.8) is 0 Å². The quantitative estimate of drug-likeness (QED) is 0.933. The summed E-state index contributed by atoms with van der Waals surface area (Å²) in [7, 11) is 0. The summed E-state index contributed by atoms with van der Waals surface area (Å²) in [6.07, 6.45) is 1.80. The number of benzene rings is 1. The predicted octanol–water partition coefficient (Wildman–Crippen LogP) is 2.43. The van der Waals surface area contributed by atoms with Crippen LogP contribution in [0.3, 0.4) is 0 Å². The molecule has 0 unspecified atom stereocenters. The topological polar surface area (TPSA) is 48.5 Å². The van der Waals surface area contributed by atoms with Crippen LogP contribution in [0.15, 0.2) is 35.8 Å². The van der Waals surface area contributed by atoms with Crippen molar-refractivity contribution >= 4 is 28.1 Å². The van der Waals surface area contributed by atoms with Crippen molar-refractivity contribution in [2.24, 2.45) is 0 Å². The Bertz CT molecular complexity index is 656. The number of rotatable bonds is 4. The Morgan fingerprint density at radius 3 is 2.70 bits per heavy atom. The summed E-state index contributed by atoms with van der Waals surface area (Å²) in [4.78, 5) is 21.0. The summed E-state index contributed by atoms with van der Waals surface area (Å²) >= 11 is 1.62. The number of carbonyl (C=O) groups is 1. The molecule has 1 saturated heterocycles. The van der Waals surface area contributed by atoms with Crippen molar-refractivity contribution < 1.29 is 9.18 Å². The number of hydrogen-bond acceptors (Lipinski definition) is 5. The highest BCUT2D eigenvalue weighted by atomic mass is 32.1. The normalized spacial score (nSPS) is 17.0. The maximum absolute atomic E-state index is 13.6. The van der Waals surface area contributed by atoms with Gasteiger partial charge in [-0.2, -0.15) is 0 Å². The maximum atomic E-state index is 13.6. The van der Waals surface area contributed by atoms with E-state index in [0.717, 1.165) is 31.3 Å². The summed E-state index contributed by atoms with van der Waals surface area (Å²) in [5, 5.41) is 5.65. The van der Waals surface area contributed by atoms with E-state index in [1.807, 2.05) is 12.3 Å². The van der Waals surface area contributed by atoms with Gasteiger partial charge in [-0.05, 0) is 19.1 Å². The molecule has 1 aromatic carbocycles. The number of thiazole rings is 1. The summed E-state index contributed by atoms with van der Waals surface area (Å²) < 4.78 is 13.6. The van der Waals surface area contributed by atoms with Gasteiger partial charge in [-0.25, -0.2) is 9.37 Å². The summed E-state index contributed by atoms with van der Waals surface area (Å²) in [6.45, 7) is 5.10. The number of piperazine rings is 1. The van der Waals surface area contributed by atoms with Gasteiger partial charge in [-0.3, -0.25) is 9.69 Å². The Kier molecular flexibility index (Phi) is 4.88. The molecule has 122 valence electrons. The van der Waals surface area contributed by atoms with Crippen molar-refractivity contribution in [2.75, 3.05) is 36.4 Å². The van der Waals surface area contributed by atoms with E-state index in [-0.39, 0.29) is 17.6 Å². The molecular formula is C16H19FN4OS. The van der Waals surface area contributed by atoms with Crippen LogP contribution in [0.25, 0.3) is 0 Å². The Hall–Kier alpha value is -1.99. The molecule has 0 aliphatic carbocycles. The molecule has 2 aromatic rings. The second-order valence-electron chi connectivity index (χ2n) is 5.48. The molecule has 1 amide bonds. The molecule has 1 aliphatic rings. The third-order valence-corrected chi connectivity index (χ3v) is 4.90. The van der Waals surface area contributed by atoms with Gasteiger partial charge in [0.1, 0.15) is 5.82 Å². The number of para-hydroxylation sites is 1. The minimum atomic E-state index is -0.415. The Morgan fingerprint density at radius 1 is 1.30 bits per heavy atom. The Balaban J connectivity index is 1.55. The lowest BCUT2D eigenvalue weighted by molar-refractivity contribution is -0.120. The molecule has 0 radical (unpaired) electrons. The molecule has 0 saturated carbocycles. The van der Waals surface area contributed by atoms with Crippen LogP contribution in [0.5, 0.6) is 0 Å². The number of carbonyl (C=O) groups excluding carboxylic acids is 1. The molecule has 2 heterocycles. The molecule has 23 heavy (non-hydrogen) atoms. The third-order valence-electron chi connectivity index (χ3n) is 4.06. The van der Waals surface area contributed by atoms with E-state index in [1.54, 1.807) is 35.7 Å². The highest BCUT2D eigenvalue weighted by Crippen LogP contribution is 2.20. The number of aromatic nitrogens is 1. The zero-order valence-corrected chi connectivity index (χ0v) is 13.7. The number of anilines is 2. The minimum Gasteiger partial charge on any atom is -0.346 e. The second-order valence-corrected chi connectivity index (χ2v) is 6.36. The number of halogens is 1. The van der Waals surface area contributed by atoms with Crippen LogP contribution in [-0.2, 0) is 4.79 Å². The monoisotopic (exact) mass is 334 g/mol. The van der Waals surface area contributed by atoms with Crippen LogP contribution in [0.2, 0.25) is 0 Å². The van der Waals surface area contributed by atoms with Crippen molar-refractivity contribution in [3.05, 3.63) is 41.7 Å². The summed E-state index contributed by atoms with van der Waals surface area (Å²) in [6, 6.07) is 5.92.